The summed E-state index contributed by atoms with van der Waals surface area (Å²) in [6.07, 6.45) is 3.06. The van der Waals surface area contributed by atoms with Crippen molar-refractivity contribution in [2.45, 2.75) is 53.4 Å². The number of aromatic hydroxyl groups is 1. The number of aromatic carboxylic acids is 1. The largest absolute Gasteiger partial charge is 0.506 e. The van der Waals surface area contributed by atoms with E-state index in [9.17, 15) is 19.8 Å². The van der Waals surface area contributed by atoms with Gasteiger partial charge in [0.2, 0.25) is 0 Å². The van der Waals surface area contributed by atoms with E-state index in [-0.39, 0.29) is 19.8 Å². The van der Waals surface area contributed by atoms with E-state index in [2.05, 4.69) is 25.4 Å². The fourth-order valence-corrected chi connectivity index (χ4v) is 3.43. The molecule has 0 bridgehead atoms. The molecule has 0 atom stereocenters. The van der Waals surface area contributed by atoms with E-state index in [1.54, 1.807) is 0 Å². The smallest absolute Gasteiger partial charge is 0.345 e. The van der Waals surface area contributed by atoms with Crippen LogP contribution in [0, 0.1) is 0 Å². The summed E-state index contributed by atoms with van der Waals surface area (Å²) in [6.45, 7) is 13.1. The summed E-state index contributed by atoms with van der Waals surface area (Å²) >= 11 is 0. The van der Waals surface area contributed by atoms with E-state index >= 15 is 0 Å². The molecule has 0 spiro atoms. The van der Waals surface area contributed by atoms with Crippen molar-refractivity contribution in [2.24, 2.45) is 0 Å². The molecule has 0 radical (unpaired) electrons. The number of H-pyrrole nitrogens is 1. The third kappa shape index (κ3) is 5.96. The van der Waals surface area contributed by atoms with Gasteiger partial charge in [-0.1, -0.05) is 26.8 Å². The van der Waals surface area contributed by atoms with Crippen LogP contribution in [0.25, 0.3) is 5.57 Å². The second kappa shape index (κ2) is 12.2. The van der Waals surface area contributed by atoms with Crippen LogP contribution in [0.5, 0.6) is 5.75 Å². The standard InChI is InChI=1S/C19H26N2O6.C3H8/c1-4-21(11(2)10-27-9-8-22)14-7-5-6-13-16(12(14)3)20-18(24)15(17(13)23)19(25)26;1-3-2/h22H,2,4-10H2,1,3H3,(H,25,26)(H2,20,23,24);3H2,1-2H3. The molecule has 0 unspecified atom stereocenters. The number of aliphatic hydroxyl groups excluding tert-OH is 1. The highest BCUT2D eigenvalue weighted by Gasteiger charge is 2.26. The average Bonchev–Trinajstić information content (AvgIpc) is 2.83. The normalized spacial score (nSPS) is 13.1. The van der Waals surface area contributed by atoms with Gasteiger partial charge in [-0.3, -0.25) is 4.79 Å². The molecule has 0 fully saturated rings. The summed E-state index contributed by atoms with van der Waals surface area (Å²) in [7, 11) is 0. The van der Waals surface area contributed by atoms with Gasteiger partial charge in [0.1, 0.15) is 5.75 Å². The Morgan fingerprint density at radius 3 is 2.43 bits per heavy atom. The number of ether oxygens (including phenoxy) is 1. The van der Waals surface area contributed by atoms with E-state index in [4.69, 9.17) is 9.84 Å². The van der Waals surface area contributed by atoms with E-state index in [0.29, 0.717) is 37.1 Å². The van der Waals surface area contributed by atoms with Crippen LogP contribution in [0.3, 0.4) is 0 Å². The number of nitrogens with one attached hydrogen (secondary N) is 1. The van der Waals surface area contributed by atoms with Crippen molar-refractivity contribution in [3.8, 4) is 5.75 Å². The highest BCUT2D eigenvalue weighted by molar-refractivity contribution is 5.91. The van der Waals surface area contributed by atoms with Crippen molar-refractivity contribution in [3.63, 3.8) is 0 Å². The Hall–Kier alpha value is -2.58. The van der Waals surface area contributed by atoms with Crippen LogP contribution in [-0.4, -0.2) is 57.5 Å². The lowest BCUT2D eigenvalue weighted by Gasteiger charge is -2.29. The number of aromatic nitrogens is 1. The molecule has 4 N–H and O–H groups in total. The van der Waals surface area contributed by atoms with Crippen molar-refractivity contribution >= 4 is 11.5 Å². The van der Waals surface area contributed by atoms with Gasteiger partial charge >= 0.3 is 5.97 Å². The monoisotopic (exact) mass is 422 g/mol. The maximum Gasteiger partial charge on any atom is 0.345 e. The number of pyridine rings is 1. The molecule has 0 saturated carbocycles. The SMILES string of the molecule is C=C(COCCO)N(CC)C1=C(C)c2[nH]c(=O)c(C(=O)O)c(O)c2CCC1.CCC. The van der Waals surface area contributed by atoms with Crippen LogP contribution in [0.4, 0.5) is 0 Å². The Morgan fingerprint density at radius 2 is 1.90 bits per heavy atom. The molecule has 1 aromatic rings. The zero-order valence-electron chi connectivity index (χ0n) is 18.4. The van der Waals surface area contributed by atoms with Crippen molar-refractivity contribution in [1.82, 2.24) is 9.88 Å². The fourth-order valence-electron chi connectivity index (χ4n) is 3.43. The van der Waals surface area contributed by atoms with Crippen LogP contribution >= 0.6 is 0 Å². The second-order valence-corrected chi connectivity index (χ2v) is 7.06. The Kier molecular flexibility index (Phi) is 10.3. The molecule has 30 heavy (non-hydrogen) atoms. The number of carboxylic acids is 1. The highest BCUT2D eigenvalue weighted by Crippen LogP contribution is 2.35. The number of allylic oxidation sites excluding steroid dienone is 2. The first-order chi connectivity index (χ1) is 14.2. The summed E-state index contributed by atoms with van der Waals surface area (Å²) in [6, 6.07) is 0. The van der Waals surface area contributed by atoms with E-state index in [1.807, 2.05) is 18.7 Å². The number of hydrogen-bond donors (Lipinski definition) is 4. The van der Waals surface area contributed by atoms with Gasteiger partial charge in [-0.25, -0.2) is 4.79 Å². The molecule has 1 aliphatic rings. The third-order valence-electron chi connectivity index (χ3n) is 4.68. The predicted octanol–water partition coefficient (Wildman–Crippen LogP) is 3.11. The maximum absolute atomic E-state index is 12.2. The number of carbonyl (C=O) groups is 1. The van der Waals surface area contributed by atoms with Crippen molar-refractivity contribution < 1.29 is 24.9 Å². The summed E-state index contributed by atoms with van der Waals surface area (Å²) < 4.78 is 5.36. The Balaban J connectivity index is 0.00000141. The molecule has 0 aliphatic heterocycles. The number of aromatic amines is 1. The number of likely N-dealkylation sites (N-methyl/N-ethyl adjacent to an activating group) is 1. The molecule has 8 heteroatoms. The van der Waals surface area contributed by atoms with Gasteiger partial charge in [-0.2, -0.15) is 0 Å². The minimum absolute atomic E-state index is 0.0685. The van der Waals surface area contributed by atoms with Gasteiger partial charge < -0.3 is 29.9 Å². The number of aliphatic hydroxyl groups is 1. The zero-order chi connectivity index (χ0) is 22.8. The van der Waals surface area contributed by atoms with Crippen LogP contribution in [0.2, 0.25) is 0 Å². The van der Waals surface area contributed by atoms with Gasteiger partial charge in [-0.05, 0) is 38.7 Å². The van der Waals surface area contributed by atoms with Crippen LogP contribution < -0.4 is 5.56 Å². The maximum atomic E-state index is 12.2. The Bertz CT molecular complexity index is 841. The number of carboxylic acid groups (broad SMARTS) is 1. The first-order valence-corrected chi connectivity index (χ1v) is 10.3. The van der Waals surface area contributed by atoms with Gasteiger partial charge in [0.05, 0.1) is 25.5 Å². The van der Waals surface area contributed by atoms with Crippen LogP contribution in [0.15, 0.2) is 22.8 Å². The van der Waals surface area contributed by atoms with E-state index in [1.165, 1.54) is 6.42 Å². The van der Waals surface area contributed by atoms with Crippen molar-refractivity contribution in [1.29, 1.82) is 0 Å². The zero-order valence-corrected chi connectivity index (χ0v) is 18.4. The molecule has 0 amide bonds. The number of hydrogen-bond acceptors (Lipinski definition) is 6. The van der Waals surface area contributed by atoms with Gasteiger partial charge in [-0.15, -0.1) is 0 Å². The summed E-state index contributed by atoms with van der Waals surface area (Å²) in [5.41, 5.74) is 1.86. The van der Waals surface area contributed by atoms with Gasteiger partial charge in [0, 0.05) is 23.5 Å². The second-order valence-electron chi connectivity index (χ2n) is 7.06. The molecular weight excluding hydrogens is 388 g/mol. The highest BCUT2D eigenvalue weighted by atomic mass is 16.5. The third-order valence-corrected chi connectivity index (χ3v) is 4.68. The Labute approximate surface area is 177 Å². The molecule has 1 aromatic heterocycles. The minimum Gasteiger partial charge on any atom is -0.506 e. The van der Waals surface area contributed by atoms with Crippen LogP contribution in [-0.2, 0) is 11.2 Å². The molecule has 0 saturated heterocycles. The fraction of sp³-hybridized carbons (Fsp3) is 0.545. The first kappa shape index (κ1) is 25.5. The van der Waals surface area contributed by atoms with E-state index < -0.39 is 22.8 Å². The summed E-state index contributed by atoms with van der Waals surface area (Å²) in [5, 5.41) is 28.4. The summed E-state index contributed by atoms with van der Waals surface area (Å²) in [4.78, 5) is 28.1. The molecule has 1 heterocycles. The molecule has 1 aliphatic carbocycles. The van der Waals surface area contributed by atoms with Gasteiger partial charge in [0.25, 0.3) is 5.56 Å². The molecule has 2 rings (SSSR count). The molecular formula is C22H34N2O6. The lowest BCUT2D eigenvalue weighted by atomic mass is 10.0. The van der Waals surface area contributed by atoms with E-state index in [0.717, 1.165) is 17.0 Å². The quantitative estimate of drug-likeness (QED) is 0.475. The minimum atomic E-state index is -1.45. The number of fused-ring (bicyclic) bond motifs is 1. The first-order valence-electron chi connectivity index (χ1n) is 10.3. The topological polar surface area (TPSA) is 123 Å². The Morgan fingerprint density at radius 1 is 1.27 bits per heavy atom. The number of rotatable bonds is 8. The van der Waals surface area contributed by atoms with Crippen LogP contribution in [0.1, 0.15) is 68.6 Å². The molecule has 0 aromatic carbocycles. The van der Waals surface area contributed by atoms with Gasteiger partial charge in [0.15, 0.2) is 5.56 Å². The van der Waals surface area contributed by atoms with Crippen molar-refractivity contribution in [3.05, 3.63) is 45.1 Å². The average molecular weight is 423 g/mol. The molecule has 8 nitrogen and oxygen atoms in total. The predicted molar refractivity (Wildman–Crippen MR) is 117 cm³/mol. The van der Waals surface area contributed by atoms with Crippen molar-refractivity contribution in [2.75, 3.05) is 26.4 Å². The lowest BCUT2D eigenvalue weighted by molar-refractivity contribution is 0.0691. The molecule has 168 valence electrons. The lowest BCUT2D eigenvalue weighted by Crippen LogP contribution is -2.26. The number of nitrogens with zero attached hydrogens (tertiary/aromatic N) is 1. The summed E-state index contributed by atoms with van der Waals surface area (Å²) in [5.74, 6) is -1.91.